The second-order valence-electron chi connectivity index (χ2n) is 4.97. The van der Waals surface area contributed by atoms with Gasteiger partial charge in [-0.2, -0.15) is 0 Å². The van der Waals surface area contributed by atoms with E-state index in [9.17, 15) is 5.11 Å². The van der Waals surface area contributed by atoms with Gasteiger partial charge in [-0.1, -0.05) is 31.2 Å². The Hall–Kier alpha value is -0.600. The Labute approximate surface area is 91.6 Å². The van der Waals surface area contributed by atoms with Gasteiger partial charge < -0.3 is 9.84 Å². The topological polar surface area (TPSA) is 29.5 Å². The van der Waals surface area contributed by atoms with Gasteiger partial charge in [-0.15, -0.1) is 0 Å². The van der Waals surface area contributed by atoms with E-state index in [4.69, 9.17) is 4.74 Å². The molecule has 0 unspecified atom stereocenters. The average Bonchev–Trinajstić information content (AvgIpc) is 2.46. The zero-order valence-corrected chi connectivity index (χ0v) is 9.52. The second-order valence-corrected chi connectivity index (χ2v) is 4.97. The minimum Gasteiger partial charge on any atom is -0.393 e. The van der Waals surface area contributed by atoms with E-state index in [1.165, 1.54) is 5.57 Å². The Bertz CT molecular complexity index is 280. The second kappa shape index (κ2) is 4.11. The average molecular weight is 208 g/mol. The van der Waals surface area contributed by atoms with Crippen molar-refractivity contribution >= 4 is 0 Å². The number of hydrogen-bond acceptors (Lipinski definition) is 2. The predicted octanol–water partition coefficient (Wildman–Crippen LogP) is 2.29. The van der Waals surface area contributed by atoms with E-state index < -0.39 is 0 Å². The number of aliphatic hydroxyl groups is 1. The number of hydrogen-bond donors (Lipinski definition) is 1. The van der Waals surface area contributed by atoms with Crippen molar-refractivity contribution in [1.29, 1.82) is 0 Å². The van der Waals surface area contributed by atoms with Gasteiger partial charge in [0.05, 0.1) is 18.3 Å². The lowest BCUT2D eigenvalue weighted by molar-refractivity contribution is -0.0116. The fourth-order valence-electron chi connectivity index (χ4n) is 2.88. The van der Waals surface area contributed by atoms with E-state index in [1.54, 1.807) is 0 Å². The van der Waals surface area contributed by atoms with E-state index in [0.29, 0.717) is 11.8 Å². The zero-order valence-electron chi connectivity index (χ0n) is 9.52. The molecule has 0 radical (unpaired) electrons. The number of ether oxygens (including phenoxy) is 1. The molecule has 0 spiro atoms. The smallest absolute Gasteiger partial charge is 0.0832 e. The molecule has 0 aromatic rings. The minimum absolute atomic E-state index is 0.199. The molecule has 1 saturated heterocycles. The van der Waals surface area contributed by atoms with Crippen molar-refractivity contribution in [3.8, 4) is 0 Å². The molecule has 5 atom stereocenters. The molecular formula is C13H20O2. The van der Waals surface area contributed by atoms with Gasteiger partial charge in [0.1, 0.15) is 0 Å². The largest absolute Gasteiger partial charge is 0.393 e. The van der Waals surface area contributed by atoms with Crippen LogP contribution >= 0.6 is 0 Å². The van der Waals surface area contributed by atoms with E-state index in [-0.39, 0.29) is 18.3 Å². The summed E-state index contributed by atoms with van der Waals surface area (Å²) in [6, 6.07) is 0. The molecule has 2 nitrogen and oxygen atoms in total. The maximum atomic E-state index is 9.42. The molecule has 0 aromatic carbocycles. The first-order valence-corrected chi connectivity index (χ1v) is 5.77. The van der Waals surface area contributed by atoms with Gasteiger partial charge in [-0.25, -0.2) is 0 Å². The van der Waals surface area contributed by atoms with Crippen LogP contribution in [-0.2, 0) is 4.74 Å². The quantitative estimate of drug-likeness (QED) is 0.721. The molecule has 0 amide bonds. The lowest BCUT2D eigenvalue weighted by atomic mass is 9.78. The summed E-state index contributed by atoms with van der Waals surface area (Å²) < 4.78 is 5.83. The van der Waals surface area contributed by atoms with Crippen LogP contribution in [0.15, 0.2) is 24.3 Å². The van der Waals surface area contributed by atoms with Gasteiger partial charge in [-0.05, 0) is 25.7 Å². The molecule has 2 aliphatic heterocycles. The lowest BCUT2D eigenvalue weighted by Gasteiger charge is -2.36. The van der Waals surface area contributed by atoms with Crippen molar-refractivity contribution in [1.82, 2.24) is 0 Å². The van der Waals surface area contributed by atoms with E-state index in [2.05, 4.69) is 25.7 Å². The van der Waals surface area contributed by atoms with Gasteiger partial charge in [0.15, 0.2) is 0 Å². The predicted molar refractivity (Wildman–Crippen MR) is 60.5 cm³/mol. The number of fused-ring (bicyclic) bond motifs is 2. The molecule has 2 heterocycles. The molecule has 84 valence electrons. The molecular weight excluding hydrogens is 188 g/mol. The third kappa shape index (κ3) is 2.16. The highest BCUT2D eigenvalue weighted by molar-refractivity contribution is 5.21. The maximum Gasteiger partial charge on any atom is 0.0832 e. The summed E-state index contributed by atoms with van der Waals surface area (Å²) >= 11 is 0. The monoisotopic (exact) mass is 208 g/mol. The summed E-state index contributed by atoms with van der Waals surface area (Å²) in [5.74, 6) is 0.820. The summed E-state index contributed by atoms with van der Waals surface area (Å²) in [6.07, 6.45) is 6.29. The number of aliphatic hydroxyl groups excluding tert-OH is 1. The van der Waals surface area contributed by atoms with Crippen molar-refractivity contribution in [3.63, 3.8) is 0 Å². The fourth-order valence-corrected chi connectivity index (χ4v) is 2.88. The fraction of sp³-hybridized carbons (Fsp3) is 0.692. The summed E-state index contributed by atoms with van der Waals surface area (Å²) in [7, 11) is 0. The molecule has 2 rings (SSSR count). The van der Waals surface area contributed by atoms with Crippen molar-refractivity contribution in [2.75, 3.05) is 0 Å². The third-order valence-electron chi connectivity index (χ3n) is 3.46. The van der Waals surface area contributed by atoms with Crippen LogP contribution < -0.4 is 0 Å². The van der Waals surface area contributed by atoms with Crippen molar-refractivity contribution < 1.29 is 9.84 Å². The summed E-state index contributed by atoms with van der Waals surface area (Å²) in [5, 5.41) is 9.42. The Morgan fingerprint density at radius 2 is 2.27 bits per heavy atom. The molecule has 0 aromatic heterocycles. The zero-order chi connectivity index (χ0) is 11.0. The lowest BCUT2D eigenvalue weighted by Crippen LogP contribution is -2.35. The SMILES string of the molecule is C=C1C[C@@H]2C=C[C@@H](O2)[C@@H]1[C@@H](C)C[C@@H](C)O. The standard InChI is InChI=1S/C13H20O2/c1-8(6-10(3)14)13-9(2)7-11-4-5-12(13)15-11/h4-5,8,10-14H,2,6-7H2,1,3H3/t8-,10+,11-,12+,13+/m0/s1. The molecule has 0 saturated carbocycles. The van der Waals surface area contributed by atoms with Gasteiger partial charge in [0.25, 0.3) is 0 Å². The van der Waals surface area contributed by atoms with Gasteiger partial charge in [-0.3, -0.25) is 0 Å². The third-order valence-corrected chi connectivity index (χ3v) is 3.46. The molecule has 2 aliphatic rings. The summed E-state index contributed by atoms with van der Waals surface area (Å²) in [4.78, 5) is 0. The minimum atomic E-state index is -0.240. The Morgan fingerprint density at radius 1 is 1.53 bits per heavy atom. The molecule has 15 heavy (non-hydrogen) atoms. The maximum absolute atomic E-state index is 9.42. The number of rotatable bonds is 3. The first-order valence-electron chi connectivity index (χ1n) is 5.77. The van der Waals surface area contributed by atoms with Gasteiger partial charge in [0.2, 0.25) is 0 Å². The molecule has 0 aliphatic carbocycles. The molecule has 2 bridgehead atoms. The van der Waals surface area contributed by atoms with Crippen LogP contribution in [0.5, 0.6) is 0 Å². The van der Waals surface area contributed by atoms with Crippen LogP contribution in [0.4, 0.5) is 0 Å². The molecule has 2 heteroatoms. The van der Waals surface area contributed by atoms with Crippen LogP contribution in [0.1, 0.15) is 26.7 Å². The molecule has 1 N–H and O–H groups in total. The van der Waals surface area contributed by atoms with Crippen molar-refractivity contribution in [2.24, 2.45) is 11.8 Å². The molecule has 1 fully saturated rings. The first-order chi connectivity index (χ1) is 7.08. The summed E-state index contributed by atoms with van der Waals surface area (Å²) in [6.45, 7) is 8.19. The van der Waals surface area contributed by atoms with E-state index in [0.717, 1.165) is 12.8 Å². The van der Waals surface area contributed by atoms with Gasteiger partial charge in [0, 0.05) is 5.92 Å². The van der Waals surface area contributed by atoms with E-state index >= 15 is 0 Å². The van der Waals surface area contributed by atoms with Crippen LogP contribution in [0, 0.1) is 11.8 Å². The highest BCUT2D eigenvalue weighted by Crippen LogP contribution is 2.40. The van der Waals surface area contributed by atoms with Crippen LogP contribution in [-0.4, -0.2) is 23.4 Å². The van der Waals surface area contributed by atoms with Crippen LogP contribution in [0.2, 0.25) is 0 Å². The van der Waals surface area contributed by atoms with Crippen LogP contribution in [0.3, 0.4) is 0 Å². The van der Waals surface area contributed by atoms with Crippen LogP contribution in [0.25, 0.3) is 0 Å². The Morgan fingerprint density at radius 3 is 2.93 bits per heavy atom. The Kier molecular flexibility index (Phi) is 2.98. The van der Waals surface area contributed by atoms with Crippen molar-refractivity contribution in [3.05, 3.63) is 24.3 Å². The normalized spacial score (nSPS) is 38.1. The highest BCUT2D eigenvalue weighted by Gasteiger charge is 2.38. The van der Waals surface area contributed by atoms with Gasteiger partial charge >= 0.3 is 0 Å². The van der Waals surface area contributed by atoms with E-state index in [1.807, 2.05) is 6.92 Å². The summed E-state index contributed by atoms with van der Waals surface area (Å²) in [5.41, 5.74) is 1.29. The first kappa shape index (κ1) is 10.9. The highest BCUT2D eigenvalue weighted by atomic mass is 16.5. The van der Waals surface area contributed by atoms with Crippen molar-refractivity contribution in [2.45, 2.75) is 45.0 Å². The Balaban J connectivity index is 2.06.